The summed E-state index contributed by atoms with van der Waals surface area (Å²) in [4.78, 5) is 32.1. The zero-order valence-electron chi connectivity index (χ0n) is 22.2. The first-order chi connectivity index (χ1) is 19.4. The highest BCUT2D eigenvalue weighted by Crippen LogP contribution is 2.37. The first kappa shape index (κ1) is 27.6. The van der Waals surface area contributed by atoms with Gasteiger partial charge in [0.15, 0.2) is 16.3 Å². The molecule has 0 saturated carbocycles. The number of methoxy groups -OCH3 is 1. The molecule has 1 aromatic heterocycles. The van der Waals surface area contributed by atoms with Gasteiger partial charge in [0.05, 0.1) is 23.8 Å². The highest BCUT2D eigenvalue weighted by Gasteiger charge is 2.32. The van der Waals surface area contributed by atoms with Gasteiger partial charge in [0.2, 0.25) is 0 Å². The molecule has 1 aliphatic heterocycles. The van der Waals surface area contributed by atoms with E-state index in [0.29, 0.717) is 38.7 Å². The van der Waals surface area contributed by atoms with Gasteiger partial charge in [0.1, 0.15) is 12.6 Å². The average Bonchev–Trinajstić information content (AvgIpc) is 3.27. The third kappa shape index (κ3) is 5.66. The molecular formula is C31H27BrN2O5S. The van der Waals surface area contributed by atoms with E-state index < -0.39 is 12.0 Å². The van der Waals surface area contributed by atoms with Crippen LogP contribution in [-0.2, 0) is 16.1 Å². The molecule has 5 rings (SSSR count). The Morgan fingerprint density at radius 1 is 1.07 bits per heavy atom. The highest BCUT2D eigenvalue weighted by molar-refractivity contribution is 9.10. The lowest BCUT2D eigenvalue weighted by atomic mass is 9.96. The molecule has 9 heteroatoms. The van der Waals surface area contributed by atoms with E-state index in [4.69, 9.17) is 19.2 Å². The molecule has 0 spiro atoms. The predicted molar refractivity (Wildman–Crippen MR) is 159 cm³/mol. The second kappa shape index (κ2) is 12.1. The van der Waals surface area contributed by atoms with Crippen LogP contribution < -0.4 is 24.4 Å². The minimum atomic E-state index is -0.687. The Hall–Kier alpha value is -3.95. The fourth-order valence-corrected chi connectivity index (χ4v) is 5.97. The number of rotatable bonds is 8. The van der Waals surface area contributed by atoms with Crippen LogP contribution in [0.4, 0.5) is 0 Å². The normalized spacial score (nSPS) is 14.9. The van der Waals surface area contributed by atoms with Crippen molar-refractivity contribution in [2.75, 3.05) is 13.7 Å². The summed E-state index contributed by atoms with van der Waals surface area (Å²) < 4.78 is 20.0. The van der Waals surface area contributed by atoms with Crippen LogP contribution in [0.15, 0.2) is 92.6 Å². The minimum absolute atomic E-state index is 0.200. The SMILES string of the molecule is CCOC(=O)C1=C(C)n2c(s/c(=C\c3cccc(Br)c3)c2=O)=N[C@H]1c1ccc(OCc2ccccc2)c(OC)c1. The standard InChI is InChI=1S/C31H27BrN2O5S/c1-4-38-30(36)27-19(2)34-29(35)26(16-21-11-8-12-23(32)15-21)40-31(34)33-28(27)22-13-14-24(25(17-22)37-3)39-18-20-9-6-5-7-10-20/h5-17,28H,4,18H2,1-3H3/b26-16-/t28-/m0/s1. The lowest BCUT2D eigenvalue weighted by Gasteiger charge is -2.23. The smallest absolute Gasteiger partial charge is 0.338 e. The maximum absolute atomic E-state index is 13.5. The Morgan fingerprint density at radius 3 is 2.60 bits per heavy atom. The van der Waals surface area contributed by atoms with Gasteiger partial charge in [-0.25, -0.2) is 9.79 Å². The van der Waals surface area contributed by atoms with Gasteiger partial charge in [-0.3, -0.25) is 9.36 Å². The predicted octanol–water partition coefficient (Wildman–Crippen LogP) is 5.26. The molecule has 1 aliphatic rings. The number of esters is 1. The summed E-state index contributed by atoms with van der Waals surface area (Å²) in [6, 6.07) is 22.4. The zero-order valence-corrected chi connectivity index (χ0v) is 24.6. The van der Waals surface area contributed by atoms with Crippen molar-refractivity contribution in [2.24, 2.45) is 4.99 Å². The van der Waals surface area contributed by atoms with Gasteiger partial charge in [-0.2, -0.15) is 0 Å². The number of benzene rings is 3. The molecule has 3 aromatic carbocycles. The Kier molecular flexibility index (Phi) is 8.32. The summed E-state index contributed by atoms with van der Waals surface area (Å²) in [5, 5.41) is 0. The molecule has 7 nitrogen and oxygen atoms in total. The summed E-state index contributed by atoms with van der Waals surface area (Å²) >= 11 is 4.76. The maximum Gasteiger partial charge on any atom is 0.338 e. The molecule has 0 radical (unpaired) electrons. The van der Waals surface area contributed by atoms with E-state index in [1.807, 2.05) is 78.9 Å². The van der Waals surface area contributed by atoms with Crippen molar-refractivity contribution < 1.29 is 19.0 Å². The topological polar surface area (TPSA) is 79.1 Å². The monoisotopic (exact) mass is 618 g/mol. The molecule has 0 fully saturated rings. The summed E-state index contributed by atoms with van der Waals surface area (Å²) in [6.45, 7) is 4.09. The lowest BCUT2D eigenvalue weighted by Crippen LogP contribution is -2.35. The number of fused-ring (bicyclic) bond motifs is 1. The van der Waals surface area contributed by atoms with E-state index in [1.165, 1.54) is 15.9 Å². The van der Waals surface area contributed by atoms with E-state index in [-0.39, 0.29) is 12.2 Å². The summed E-state index contributed by atoms with van der Waals surface area (Å²) in [5.74, 6) is 0.573. The second-order valence-corrected chi connectivity index (χ2v) is 10.9. The number of aromatic nitrogens is 1. The van der Waals surface area contributed by atoms with Crippen LogP contribution in [0.2, 0.25) is 0 Å². The third-order valence-electron chi connectivity index (χ3n) is 6.43. The van der Waals surface area contributed by atoms with Crippen molar-refractivity contribution in [3.8, 4) is 11.5 Å². The first-order valence-corrected chi connectivity index (χ1v) is 14.3. The molecule has 0 aliphatic carbocycles. The number of thiazole rings is 1. The van der Waals surface area contributed by atoms with Gasteiger partial charge < -0.3 is 14.2 Å². The molecule has 0 N–H and O–H groups in total. The van der Waals surface area contributed by atoms with Crippen LogP contribution in [0, 0.1) is 0 Å². The van der Waals surface area contributed by atoms with Gasteiger partial charge >= 0.3 is 5.97 Å². The number of hydrogen-bond donors (Lipinski definition) is 0. The number of hydrogen-bond acceptors (Lipinski definition) is 7. The molecule has 0 saturated heterocycles. The Bertz CT molecular complexity index is 1780. The van der Waals surface area contributed by atoms with Crippen LogP contribution in [0.25, 0.3) is 11.8 Å². The molecule has 204 valence electrons. The van der Waals surface area contributed by atoms with Gasteiger partial charge in [-0.05, 0) is 60.9 Å². The van der Waals surface area contributed by atoms with Gasteiger partial charge in [0.25, 0.3) is 5.56 Å². The Balaban J connectivity index is 1.59. The Morgan fingerprint density at radius 2 is 1.88 bits per heavy atom. The summed E-state index contributed by atoms with van der Waals surface area (Å²) in [7, 11) is 1.57. The molecule has 1 atom stereocenters. The summed E-state index contributed by atoms with van der Waals surface area (Å²) in [5.41, 5.74) is 3.20. The zero-order chi connectivity index (χ0) is 28.2. The molecule has 2 heterocycles. The van der Waals surface area contributed by atoms with Crippen molar-refractivity contribution in [2.45, 2.75) is 26.5 Å². The number of allylic oxidation sites excluding steroid dienone is 1. The van der Waals surface area contributed by atoms with Crippen LogP contribution in [-0.4, -0.2) is 24.3 Å². The molecule has 4 aromatic rings. The van der Waals surface area contributed by atoms with E-state index in [2.05, 4.69) is 15.9 Å². The molecule has 0 unspecified atom stereocenters. The highest BCUT2D eigenvalue weighted by atomic mass is 79.9. The molecule has 0 amide bonds. The van der Waals surface area contributed by atoms with E-state index >= 15 is 0 Å². The number of halogens is 1. The largest absolute Gasteiger partial charge is 0.493 e. The van der Waals surface area contributed by atoms with Gasteiger partial charge in [-0.1, -0.05) is 75.8 Å². The van der Waals surface area contributed by atoms with Crippen LogP contribution in [0.5, 0.6) is 11.5 Å². The third-order valence-corrected chi connectivity index (χ3v) is 7.90. The van der Waals surface area contributed by atoms with Crippen LogP contribution in [0.3, 0.4) is 0 Å². The quantitative estimate of drug-likeness (QED) is 0.252. The maximum atomic E-state index is 13.5. The number of ether oxygens (including phenoxy) is 3. The van der Waals surface area contributed by atoms with Crippen molar-refractivity contribution in [3.05, 3.63) is 119 Å². The second-order valence-electron chi connectivity index (χ2n) is 9.02. The number of carbonyl (C=O) groups is 1. The molecule has 40 heavy (non-hydrogen) atoms. The van der Waals surface area contributed by atoms with Crippen molar-refractivity contribution in [1.29, 1.82) is 0 Å². The summed E-state index contributed by atoms with van der Waals surface area (Å²) in [6.07, 6.45) is 1.83. The first-order valence-electron chi connectivity index (χ1n) is 12.7. The van der Waals surface area contributed by atoms with E-state index in [0.717, 1.165) is 21.2 Å². The fraction of sp³-hybridized carbons (Fsp3) is 0.194. The van der Waals surface area contributed by atoms with Crippen molar-refractivity contribution >= 4 is 45.0 Å². The van der Waals surface area contributed by atoms with E-state index in [9.17, 15) is 9.59 Å². The fourth-order valence-electron chi connectivity index (χ4n) is 4.52. The van der Waals surface area contributed by atoms with Crippen LogP contribution in [0.1, 0.15) is 36.6 Å². The number of nitrogens with zero attached hydrogens (tertiary/aromatic N) is 2. The number of carbonyl (C=O) groups excluding carboxylic acids is 1. The van der Waals surface area contributed by atoms with Crippen LogP contribution >= 0.6 is 27.3 Å². The molecule has 0 bridgehead atoms. The van der Waals surface area contributed by atoms with Gasteiger partial charge in [0, 0.05) is 10.2 Å². The van der Waals surface area contributed by atoms with E-state index in [1.54, 1.807) is 21.0 Å². The van der Waals surface area contributed by atoms with Crippen molar-refractivity contribution in [3.63, 3.8) is 0 Å². The Labute approximate surface area is 243 Å². The van der Waals surface area contributed by atoms with Gasteiger partial charge in [-0.15, -0.1) is 0 Å². The molecular weight excluding hydrogens is 592 g/mol. The minimum Gasteiger partial charge on any atom is -0.493 e. The average molecular weight is 620 g/mol. The lowest BCUT2D eigenvalue weighted by molar-refractivity contribution is -0.138. The van der Waals surface area contributed by atoms with Crippen molar-refractivity contribution in [1.82, 2.24) is 4.57 Å².